The van der Waals surface area contributed by atoms with Gasteiger partial charge in [0, 0.05) is 7.11 Å². The van der Waals surface area contributed by atoms with E-state index in [1.165, 1.54) is 7.11 Å². The molecule has 3 heterocycles. The summed E-state index contributed by atoms with van der Waals surface area (Å²) in [4.78, 5) is 1.88. The molecule has 9 heteroatoms. The highest BCUT2D eigenvalue weighted by molar-refractivity contribution is 5.25. The van der Waals surface area contributed by atoms with Crippen LogP contribution >= 0.6 is 0 Å². The second-order valence-corrected chi connectivity index (χ2v) is 4.73. The van der Waals surface area contributed by atoms with E-state index in [4.69, 9.17) is 15.2 Å². The fourth-order valence-electron chi connectivity index (χ4n) is 2.64. The van der Waals surface area contributed by atoms with Gasteiger partial charge >= 0.3 is 0 Å². The second-order valence-electron chi connectivity index (χ2n) is 4.73. The van der Waals surface area contributed by atoms with E-state index < -0.39 is 12.3 Å². The molecule has 0 bridgehead atoms. The fourth-order valence-corrected chi connectivity index (χ4v) is 2.64. The Morgan fingerprint density at radius 1 is 1.50 bits per heavy atom. The van der Waals surface area contributed by atoms with Gasteiger partial charge in [-0.3, -0.25) is 5.32 Å². The van der Waals surface area contributed by atoms with Crippen molar-refractivity contribution < 1.29 is 19.7 Å². The first-order valence-electron chi connectivity index (χ1n) is 6.37. The molecule has 7 N–H and O–H groups in total. The van der Waals surface area contributed by atoms with Gasteiger partial charge in [-0.25, -0.2) is 0 Å². The Hall–Kier alpha value is -1.68. The minimum atomic E-state index is -0.654. The van der Waals surface area contributed by atoms with E-state index in [1.807, 2.05) is 4.90 Å². The van der Waals surface area contributed by atoms with Crippen LogP contribution in [0.15, 0.2) is 23.0 Å². The zero-order valence-corrected chi connectivity index (χ0v) is 11.1. The molecule has 0 aromatic carbocycles. The van der Waals surface area contributed by atoms with Crippen molar-refractivity contribution in [1.82, 2.24) is 20.9 Å². The van der Waals surface area contributed by atoms with Crippen LogP contribution in [-0.2, 0) is 9.47 Å². The molecule has 20 heavy (non-hydrogen) atoms. The number of nitrogens with one attached hydrogen (secondary N) is 3. The average Bonchev–Trinajstić information content (AvgIpc) is 3.00. The number of nitrogens with zero attached hydrogens (tertiary/aromatic N) is 1. The van der Waals surface area contributed by atoms with E-state index in [2.05, 4.69) is 16.0 Å². The van der Waals surface area contributed by atoms with Crippen molar-refractivity contribution >= 4 is 0 Å². The average molecular weight is 285 g/mol. The molecule has 0 aliphatic carbocycles. The van der Waals surface area contributed by atoms with Gasteiger partial charge in [0.2, 0.25) is 6.23 Å². The van der Waals surface area contributed by atoms with Gasteiger partial charge < -0.3 is 41.0 Å². The van der Waals surface area contributed by atoms with Crippen LogP contribution in [0.5, 0.6) is 0 Å². The highest BCUT2D eigenvalue weighted by Gasteiger charge is 2.44. The first-order chi connectivity index (χ1) is 9.67. The Morgan fingerprint density at radius 3 is 3.00 bits per heavy atom. The largest absolute Gasteiger partial charge is 0.506 e. The Labute approximate surface area is 116 Å². The summed E-state index contributed by atoms with van der Waals surface area (Å²) in [6.45, 7) is 0.641. The summed E-state index contributed by atoms with van der Waals surface area (Å²) in [6.07, 6.45) is -1.49. The van der Waals surface area contributed by atoms with Crippen molar-refractivity contribution in [3.8, 4) is 0 Å². The quantitative estimate of drug-likeness (QED) is 0.336. The minimum absolute atomic E-state index is 0.0766. The van der Waals surface area contributed by atoms with Gasteiger partial charge in [0.1, 0.15) is 18.6 Å². The van der Waals surface area contributed by atoms with Crippen molar-refractivity contribution in [2.45, 2.75) is 18.5 Å². The lowest BCUT2D eigenvalue weighted by Gasteiger charge is -2.33. The normalized spacial score (nSPS) is 33.0. The number of methoxy groups -OCH3 is 1. The van der Waals surface area contributed by atoms with Crippen molar-refractivity contribution in [2.75, 3.05) is 27.1 Å². The monoisotopic (exact) mass is 285 g/mol. The number of hydrogen-bond acceptors (Lipinski definition) is 9. The third-order valence-corrected chi connectivity index (χ3v) is 3.65. The fraction of sp³-hybridized carbons (Fsp3) is 0.636. The number of rotatable bonds is 3. The molecule has 0 saturated heterocycles. The lowest BCUT2D eigenvalue weighted by molar-refractivity contribution is -0.0701. The lowest BCUT2D eigenvalue weighted by atomic mass is 10.2. The van der Waals surface area contributed by atoms with Crippen molar-refractivity contribution in [2.24, 2.45) is 5.73 Å². The molecule has 0 amide bonds. The summed E-state index contributed by atoms with van der Waals surface area (Å²) in [7, 11) is 1.48. The Kier molecular flexibility index (Phi) is 3.34. The predicted octanol–water partition coefficient (Wildman–Crippen LogP) is -2.41. The topological polar surface area (TPSA) is 124 Å². The van der Waals surface area contributed by atoms with E-state index in [9.17, 15) is 10.2 Å². The maximum atomic E-state index is 9.98. The SMILES string of the molecule is COC1C(O)=C(CO)O[C@H]1N1CNC2=C1NCNC2N. The third kappa shape index (κ3) is 1.86. The maximum absolute atomic E-state index is 9.98. The van der Waals surface area contributed by atoms with Gasteiger partial charge in [0.15, 0.2) is 17.6 Å². The van der Waals surface area contributed by atoms with Crippen LogP contribution in [0.4, 0.5) is 0 Å². The van der Waals surface area contributed by atoms with Crippen LogP contribution in [0.3, 0.4) is 0 Å². The molecule has 0 fully saturated rings. The summed E-state index contributed by atoms with van der Waals surface area (Å²) in [6, 6.07) is 0. The molecule has 2 unspecified atom stereocenters. The van der Waals surface area contributed by atoms with Crippen LogP contribution in [0.1, 0.15) is 0 Å². The number of hydrogen-bond donors (Lipinski definition) is 6. The number of aliphatic hydroxyl groups excluding tert-OH is 2. The highest BCUT2D eigenvalue weighted by atomic mass is 16.6. The van der Waals surface area contributed by atoms with E-state index in [1.54, 1.807) is 0 Å². The highest BCUT2D eigenvalue weighted by Crippen LogP contribution is 2.31. The van der Waals surface area contributed by atoms with Gasteiger partial charge in [0.25, 0.3) is 0 Å². The first kappa shape index (κ1) is 13.3. The molecule has 112 valence electrons. The molecule has 9 nitrogen and oxygen atoms in total. The van der Waals surface area contributed by atoms with Gasteiger partial charge in [0.05, 0.1) is 19.0 Å². The standard InChI is InChI=1S/C11H19N5O4/c1-19-8-7(18)5(2-17)20-11(8)16-4-15-6-9(12)13-3-14-10(6)16/h8-9,11,13-15,17-18H,2-4,12H2,1H3/t8?,9?,11-/m1/s1. The van der Waals surface area contributed by atoms with Gasteiger partial charge in [-0.05, 0) is 0 Å². The predicted molar refractivity (Wildman–Crippen MR) is 68.4 cm³/mol. The minimum Gasteiger partial charge on any atom is -0.506 e. The molecular formula is C11H19N5O4. The molecule has 0 spiro atoms. The van der Waals surface area contributed by atoms with E-state index in [-0.39, 0.29) is 24.3 Å². The Bertz CT molecular complexity index is 466. The van der Waals surface area contributed by atoms with Crippen LogP contribution in [0.2, 0.25) is 0 Å². The molecule has 0 radical (unpaired) electrons. The summed E-state index contributed by atoms with van der Waals surface area (Å²) < 4.78 is 10.9. The molecular weight excluding hydrogens is 266 g/mol. The summed E-state index contributed by atoms with van der Waals surface area (Å²) in [5.74, 6) is 0.872. The van der Waals surface area contributed by atoms with Crippen molar-refractivity contribution in [3.05, 3.63) is 23.0 Å². The van der Waals surface area contributed by atoms with Gasteiger partial charge in [-0.15, -0.1) is 0 Å². The summed E-state index contributed by atoms with van der Waals surface area (Å²) >= 11 is 0. The third-order valence-electron chi connectivity index (χ3n) is 3.65. The Balaban J connectivity index is 1.84. The van der Waals surface area contributed by atoms with Gasteiger partial charge in [-0.2, -0.15) is 0 Å². The van der Waals surface area contributed by atoms with Crippen LogP contribution in [0.25, 0.3) is 0 Å². The van der Waals surface area contributed by atoms with Crippen molar-refractivity contribution in [3.63, 3.8) is 0 Å². The van der Waals surface area contributed by atoms with E-state index in [0.29, 0.717) is 13.3 Å². The molecule has 0 aromatic heterocycles. The summed E-state index contributed by atoms with van der Waals surface area (Å²) in [5, 5.41) is 28.6. The van der Waals surface area contributed by atoms with E-state index >= 15 is 0 Å². The molecule has 3 aliphatic heterocycles. The van der Waals surface area contributed by atoms with Gasteiger partial charge in [-0.1, -0.05) is 0 Å². The number of aliphatic hydroxyl groups is 2. The molecule has 3 atom stereocenters. The number of ether oxygens (including phenoxy) is 2. The van der Waals surface area contributed by atoms with E-state index in [0.717, 1.165) is 11.5 Å². The first-order valence-corrected chi connectivity index (χ1v) is 6.37. The smallest absolute Gasteiger partial charge is 0.208 e. The lowest BCUT2D eigenvalue weighted by Crippen LogP contribution is -2.52. The zero-order chi connectivity index (χ0) is 14.3. The molecule has 3 rings (SSSR count). The molecule has 3 aliphatic rings. The number of nitrogens with two attached hydrogens (primary N) is 1. The van der Waals surface area contributed by atoms with Crippen LogP contribution in [-0.4, -0.2) is 60.7 Å². The molecule has 0 saturated carbocycles. The maximum Gasteiger partial charge on any atom is 0.208 e. The van der Waals surface area contributed by atoms with Crippen LogP contribution < -0.4 is 21.7 Å². The zero-order valence-electron chi connectivity index (χ0n) is 11.1. The Morgan fingerprint density at radius 2 is 2.30 bits per heavy atom. The molecule has 0 aromatic rings. The van der Waals surface area contributed by atoms with Crippen molar-refractivity contribution in [1.29, 1.82) is 0 Å². The van der Waals surface area contributed by atoms with Crippen LogP contribution in [0, 0.1) is 0 Å². The second kappa shape index (κ2) is 5.02. The summed E-state index contributed by atoms with van der Waals surface area (Å²) in [5.41, 5.74) is 6.80.